The number of nitrogens with one attached hydrogen (secondary N) is 1. The highest BCUT2D eigenvalue weighted by molar-refractivity contribution is 4.63. The van der Waals surface area contributed by atoms with Crippen LogP contribution in [0.15, 0.2) is 18.7 Å². The number of nitrogens with zero attached hydrogens (tertiary/aromatic N) is 3. The van der Waals surface area contributed by atoms with E-state index in [0.717, 1.165) is 6.67 Å². The van der Waals surface area contributed by atoms with Crippen LogP contribution in [0.25, 0.3) is 0 Å². The van der Waals surface area contributed by atoms with E-state index in [1.54, 1.807) is 4.90 Å². The summed E-state index contributed by atoms with van der Waals surface area (Å²) in [6, 6.07) is 0. The van der Waals surface area contributed by atoms with Gasteiger partial charge in [-0.1, -0.05) is 0 Å². The van der Waals surface area contributed by atoms with Crippen LogP contribution < -0.4 is 9.47 Å². The highest BCUT2D eigenvalue weighted by atomic mass is 15.4. The molecule has 1 atom stereocenters. The van der Waals surface area contributed by atoms with Gasteiger partial charge in [0.25, 0.3) is 0 Å². The monoisotopic (exact) mass is 182 g/mol. The Hall–Kier alpha value is -0.870. The molecule has 1 aromatic rings. The number of imidazole rings is 1. The maximum Gasteiger partial charge on any atom is 0.248 e. The third kappa shape index (κ3) is 2.08. The number of likely N-dealkylation sites (N-methyl/N-ethyl adjacent to an activating group) is 1. The Balaban J connectivity index is 1.91. The SMILES string of the molecule is CN1CC[NH+](Cn2cc[n+](C)c2)C1. The predicted octanol–water partition coefficient (Wildman–Crippen LogP) is -1.94. The molecule has 72 valence electrons. The molecule has 2 rings (SSSR count). The molecule has 0 saturated carbocycles. The van der Waals surface area contributed by atoms with Crippen molar-refractivity contribution in [1.82, 2.24) is 9.47 Å². The highest BCUT2D eigenvalue weighted by Crippen LogP contribution is 1.83. The third-order valence-electron chi connectivity index (χ3n) is 2.57. The van der Waals surface area contributed by atoms with Crippen LogP contribution in [0.5, 0.6) is 0 Å². The zero-order chi connectivity index (χ0) is 9.26. The summed E-state index contributed by atoms with van der Waals surface area (Å²) in [4.78, 5) is 4.01. The van der Waals surface area contributed by atoms with Gasteiger partial charge in [0.05, 0.1) is 20.1 Å². The van der Waals surface area contributed by atoms with E-state index in [-0.39, 0.29) is 0 Å². The average Bonchev–Trinajstić information content (AvgIpc) is 2.62. The number of hydrogen-bond donors (Lipinski definition) is 1. The summed E-state index contributed by atoms with van der Waals surface area (Å²) in [5, 5.41) is 0. The third-order valence-corrected chi connectivity index (χ3v) is 2.57. The minimum absolute atomic E-state index is 1.09. The quantitative estimate of drug-likeness (QED) is 0.526. The van der Waals surface area contributed by atoms with Gasteiger partial charge < -0.3 is 0 Å². The maximum atomic E-state index is 2.37. The van der Waals surface area contributed by atoms with Crippen molar-refractivity contribution < 1.29 is 9.47 Å². The first-order valence-corrected chi connectivity index (χ1v) is 4.77. The minimum Gasteiger partial charge on any atom is -0.286 e. The molecule has 0 aliphatic carbocycles. The van der Waals surface area contributed by atoms with E-state index in [1.807, 2.05) is 0 Å². The molecule has 0 amide bonds. The Kier molecular flexibility index (Phi) is 2.33. The lowest BCUT2D eigenvalue weighted by Crippen LogP contribution is -3.10. The first-order valence-electron chi connectivity index (χ1n) is 4.77. The molecule has 4 heteroatoms. The smallest absolute Gasteiger partial charge is 0.248 e. The fourth-order valence-electron chi connectivity index (χ4n) is 1.87. The lowest BCUT2D eigenvalue weighted by molar-refractivity contribution is -0.915. The van der Waals surface area contributed by atoms with Crippen LogP contribution in [0.2, 0.25) is 0 Å². The highest BCUT2D eigenvalue weighted by Gasteiger charge is 2.21. The second-order valence-corrected chi connectivity index (χ2v) is 3.99. The molecule has 4 nitrogen and oxygen atoms in total. The molecular weight excluding hydrogens is 164 g/mol. The van der Waals surface area contributed by atoms with Gasteiger partial charge in [0.2, 0.25) is 13.0 Å². The van der Waals surface area contributed by atoms with Gasteiger partial charge in [-0.2, -0.15) is 4.57 Å². The fourth-order valence-corrected chi connectivity index (χ4v) is 1.87. The van der Waals surface area contributed by atoms with Crippen LogP contribution >= 0.6 is 0 Å². The number of aromatic nitrogens is 2. The van der Waals surface area contributed by atoms with Crippen LogP contribution in [0.3, 0.4) is 0 Å². The molecule has 1 aromatic heterocycles. The Morgan fingerprint density at radius 1 is 1.54 bits per heavy atom. The molecule has 1 saturated heterocycles. The van der Waals surface area contributed by atoms with E-state index >= 15 is 0 Å². The van der Waals surface area contributed by atoms with E-state index in [4.69, 9.17) is 0 Å². The molecule has 0 radical (unpaired) electrons. The molecule has 1 N–H and O–H groups in total. The molecule has 1 fully saturated rings. The fraction of sp³-hybridized carbons (Fsp3) is 0.667. The second kappa shape index (κ2) is 3.47. The summed E-state index contributed by atoms with van der Waals surface area (Å²) in [7, 11) is 4.24. The summed E-state index contributed by atoms with van der Waals surface area (Å²) in [5.41, 5.74) is 0. The van der Waals surface area contributed by atoms with Crippen molar-refractivity contribution in [2.75, 3.05) is 26.8 Å². The molecule has 0 bridgehead atoms. The topological polar surface area (TPSA) is 16.5 Å². The maximum absolute atomic E-state index is 2.37. The van der Waals surface area contributed by atoms with E-state index < -0.39 is 0 Å². The average molecular weight is 182 g/mol. The van der Waals surface area contributed by atoms with E-state index in [2.05, 4.69) is 46.9 Å². The Bertz CT molecular complexity index is 281. The van der Waals surface area contributed by atoms with E-state index in [1.165, 1.54) is 19.8 Å². The number of rotatable bonds is 2. The van der Waals surface area contributed by atoms with Crippen LogP contribution in [-0.4, -0.2) is 36.3 Å². The Morgan fingerprint density at radius 3 is 2.92 bits per heavy atom. The van der Waals surface area contributed by atoms with Crippen molar-refractivity contribution in [3.8, 4) is 0 Å². The van der Waals surface area contributed by atoms with Gasteiger partial charge in [0.15, 0.2) is 0 Å². The van der Waals surface area contributed by atoms with Gasteiger partial charge in [-0.15, -0.1) is 0 Å². The first-order chi connectivity index (χ1) is 6.24. The van der Waals surface area contributed by atoms with Gasteiger partial charge in [-0.3, -0.25) is 9.80 Å². The zero-order valence-corrected chi connectivity index (χ0v) is 8.40. The zero-order valence-electron chi connectivity index (χ0n) is 8.40. The Labute approximate surface area is 79.0 Å². The summed E-state index contributed by atoms with van der Waals surface area (Å²) in [6.45, 7) is 4.74. The summed E-state index contributed by atoms with van der Waals surface area (Å²) in [5.74, 6) is 0. The summed E-state index contributed by atoms with van der Waals surface area (Å²) >= 11 is 0. The summed E-state index contributed by atoms with van der Waals surface area (Å²) < 4.78 is 4.33. The van der Waals surface area contributed by atoms with Crippen LogP contribution in [0.1, 0.15) is 0 Å². The van der Waals surface area contributed by atoms with Crippen molar-refractivity contribution in [3.63, 3.8) is 0 Å². The molecule has 0 aromatic carbocycles. The standard InChI is InChI=1S/C9H17N4/c1-10-3-5-12(7-10)9-13-6-4-11(2)8-13/h3,5,7H,4,6,8-9H2,1-2H3/q+1/p+1. The van der Waals surface area contributed by atoms with Crippen molar-refractivity contribution in [2.45, 2.75) is 6.67 Å². The van der Waals surface area contributed by atoms with Crippen LogP contribution in [0, 0.1) is 0 Å². The van der Waals surface area contributed by atoms with Gasteiger partial charge in [0.1, 0.15) is 19.1 Å². The summed E-state index contributed by atoms with van der Waals surface area (Å²) in [6.07, 6.45) is 6.34. The number of aryl methyl sites for hydroxylation is 1. The second-order valence-electron chi connectivity index (χ2n) is 3.99. The lowest BCUT2D eigenvalue weighted by Gasteiger charge is -2.09. The normalized spacial score (nSPS) is 24.0. The van der Waals surface area contributed by atoms with Gasteiger partial charge in [-0.25, -0.2) is 4.57 Å². The van der Waals surface area contributed by atoms with E-state index in [0.29, 0.717) is 0 Å². The predicted molar refractivity (Wildman–Crippen MR) is 48.9 cm³/mol. The molecule has 1 unspecified atom stereocenters. The molecular formula is C9H18N4+2. The Morgan fingerprint density at radius 2 is 2.38 bits per heavy atom. The van der Waals surface area contributed by atoms with E-state index in [9.17, 15) is 0 Å². The molecule has 13 heavy (non-hydrogen) atoms. The number of hydrogen-bond acceptors (Lipinski definition) is 1. The van der Waals surface area contributed by atoms with Crippen molar-refractivity contribution >= 4 is 0 Å². The van der Waals surface area contributed by atoms with Crippen molar-refractivity contribution in [2.24, 2.45) is 7.05 Å². The molecule has 2 heterocycles. The lowest BCUT2D eigenvalue weighted by atomic mass is 10.6. The van der Waals surface area contributed by atoms with Gasteiger partial charge >= 0.3 is 0 Å². The molecule has 1 aliphatic heterocycles. The van der Waals surface area contributed by atoms with Crippen LogP contribution in [-0.2, 0) is 13.7 Å². The number of quaternary nitrogens is 1. The van der Waals surface area contributed by atoms with Crippen molar-refractivity contribution in [3.05, 3.63) is 18.7 Å². The molecule has 1 aliphatic rings. The van der Waals surface area contributed by atoms with Gasteiger partial charge in [-0.05, 0) is 7.05 Å². The minimum atomic E-state index is 1.09. The largest absolute Gasteiger partial charge is 0.286 e. The first kappa shape index (κ1) is 8.72. The molecule has 0 spiro atoms. The van der Waals surface area contributed by atoms with Crippen molar-refractivity contribution in [1.29, 1.82) is 0 Å². The van der Waals surface area contributed by atoms with Crippen LogP contribution in [0.4, 0.5) is 0 Å². The van der Waals surface area contributed by atoms with Gasteiger partial charge in [0, 0.05) is 0 Å².